The van der Waals surface area contributed by atoms with Crippen LogP contribution in [0.3, 0.4) is 0 Å². The van der Waals surface area contributed by atoms with Crippen molar-refractivity contribution >= 4 is 0 Å². The topological polar surface area (TPSA) is 32.3 Å². The van der Waals surface area contributed by atoms with Crippen LogP contribution < -0.4 is 5.32 Å². The lowest BCUT2D eigenvalue weighted by atomic mass is 9.75. The van der Waals surface area contributed by atoms with Gasteiger partial charge in [-0.2, -0.15) is 0 Å². The number of piperidine rings is 1. The lowest BCUT2D eigenvalue weighted by molar-refractivity contribution is 0.0190. The normalized spacial score (nSPS) is 23.0. The van der Waals surface area contributed by atoms with Crippen LogP contribution in [0.2, 0.25) is 0 Å². The minimum atomic E-state index is -0.975. The molecule has 0 radical (unpaired) electrons. The van der Waals surface area contributed by atoms with Crippen molar-refractivity contribution < 1.29 is 5.11 Å². The molecule has 0 amide bonds. The molecule has 2 nitrogen and oxygen atoms in total. The summed E-state index contributed by atoms with van der Waals surface area (Å²) in [7, 11) is 0. The number of hydrogen-bond donors (Lipinski definition) is 2. The molecule has 0 bridgehead atoms. The van der Waals surface area contributed by atoms with Gasteiger partial charge in [0, 0.05) is 6.04 Å². The summed E-state index contributed by atoms with van der Waals surface area (Å²) in [5, 5.41) is 15.2. The molecule has 2 atom stereocenters. The summed E-state index contributed by atoms with van der Waals surface area (Å²) in [6.07, 6.45) is 2.16. The molecule has 1 saturated heterocycles. The smallest absolute Gasteiger partial charge is 0.130 e. The predicted octanol–water partition coefficient (Wildman–Crippen LogP) is 3.31. The average Bonchev–Trinajstić information content (AvgIpc) is 2.56. The largest absolute Gasteiger partial charge is 0.379 e. The number of hydrogen-bond acceptors (Lipinski definition) is 2. The van der Waals surface area contributed by atoms with E-state index in [9.17, 15) is 5.11 Å². The summed E-state index contributed by atoms with van der Waals surface area (Å²) in [4.78, 5) is 0. The van der Waals surface area contributed by atoms with E-state index in [0.717, 1.165) is 24.1 Å². The van der Waals surface area contributed by atoms with E-state index in [1.165, 1.54) is 6.42 Å². The highest BCUT2D eigenvalue weighted by Crippen LogP contribution is 2.37. The first kappa shape index (κ1) is 14.3. The fourth-order valence-corrected chi connectivity index (χ4v) is 3.38. The maximum absolute atomic E-state index is 11.6. The van der Waals surface area contributed by atoms with Crippen molar-refractivity contribution in [3.8, 4) is 0 Å². The number of rotatable bonds is 3. The first-order valence-electron chi connectivity index (χ1n) is 7.78. The molecule has 1 aliphatic rings. The quantitative estimate of drug-likeness (QED) is 0.904. The van der Waals surface area contributed by atoms with Gasteiger partial charge >= 0.3 is 0 Å². The monoisotopic (exact) mass is 281 g/mol. The van der Waals surface area contributed by atoms with Crippen molar-refractivity contribution in [3.05, 3.63) is 71.8 Å². The Morgan fingerprint density at radius 3 is 1.95 bits per heavy atom. The van der Waals surface area contributed by atoms with Gasteiger partial charge in [0.1, 0.15) is 5.60 Å². The summed E-state index contributed by atoms with van der Waals surface area (Å²) >= 11 is 0. The lowest BCUT2D eigenvalue weighted by Gasteiger charge is -2.41. The molecule has 1 heterocycles. The molecular formula is C19H23NO. The second-order valence-corrected chi connectivity index (χ2v) is 6.13. The molecule has 110 valence electrons. The molecule has 0 saturated carbocycles. The van der Waals surface area contributed by atoms with Crippen molar-refractivity contribution in [2.75, 3.05) is 6.54 Å². The summed E-state index contributed by atoms with van der Waals surface area (Å²) in [6.45, 7) is 3.23. The van der Waals surface area contributed by atoms with Gasteiger partial charge in [0.15, 0.2) is 0 Å². The van der Waals surface area contributed by atoms with Crippen LogP contribution in [0.1, 0.15) is 30.9 Å². The van der Waals surface area contributed by atoms with E-state index in [4.69, 9.17) is 0 Å². The Kier molecular flexibility index (Phi) is 4.09. The van der Waals surface area contributed by atoms with E-state index in [-0.39, 0.29) is 6.04 Å². The van der Waals surface area contributed by atoms with Gasteiger partial charge < -0.3 is 10.4 Å². The predicted molar refractivity (Wildman–Crippen MR) is 86.1 cm³/mol. The number of benzene rings is 2. The first-order valence-corrected chi connectivity index (χ1v) is 7.78. The van der Waals surface area contributed by atoms with Crippen LogP contribution in [0, 0.1) is 5.92 Å². The van der Waals surface area contributed by atoms with Gasteiger partial charge in [-0.05, 0) is 36.4 Å². The van der Waals surface area contributed by atoms with E-state index in [1.807, 2.05) is 60.7 Å². The maximum Gasteiger partial charge on any atom is 0.130 e. The molecule has 0 aromatic heterocycles. The molecule has 1 fully saturated rings. The van der Waals surface area contributed by atoms with Crippen molar-refractivity contribution in [3.63, 3.8) is 0 Å². The van der Waals surface area contributed by atoms with Gasteiger partial charge in [-0.3, -0.25) is 0 Å². The fraction of sp³-hybridized carbons (Fsp3) is 0.368. The van der Waals surface area contributed by atoms with Crippen molar-refractivity contribution in [2.24, 2.45) is 5.92 Å². The molecule has 3 rings (SSSR count). The van der Waals surface area contributed by atoms with Crippen LogP contribution in [-0.2, 0) is 5.60 Å². The second kappa shape index (κ2) is 6.00. The highest BCUT2D eigenvalue weighted by molar-refractivity contribution is 5.38. The Morgan fingerprint density at radius 1 is 0.952 bits per heavy atom. The molecule has 0 aliphatic carbocycles. The standard InChI is InChI=1S/C19H23NO/c1-15-12-13-20-18(14-15)19(21,16-8-4-2-5-9-16)17-10-6-3-7-11-17/h2-11,15,18,20-21H,12-14H2,1H3/t15-,18+/m1/s1. The minimum absolute atomic E-state index is 0.0473. The molecule has 2 aromatic rings. The van der Waals surface area contributed by atoms with Crippen LogP contribution in [0.15, 0.2) is 60.7 Å². The zero-order chi connectivity index (χ0) is 14.7. The Bertz CT molecular complexity index is 527. The summed E-state index contributed by atoms with van der Waals surface area (Å²) in [5.41, 5.74) is 0.947. The van der Waals surface area contributed by atoms with E-state index in [2.05, 4.69) is 12.2 Å². The third kappa shape index (κ3) is 2.74. The molecule has 0 unspecified atom stereocenters. The second-order valence-electron chi connectivity index (χ2n) is 6.13. The highest BCUT2D eigenvalue weighted by atomic mass is 16.3. The van der Waals surface area contributed by atoms with Gasteiger partial charge in [-0.25, -0.2) is 0 Å². The highest BCUT2D eigenvalue weighted by Gasteiger charge is 2.41. The summed E-state index contributed by atoms with van der Waals surface area (Å²) in [6, 6.07) is 20.1. The Morgan fingerprint density at radius 2 is 1.48 bits per heavy atom. The van der Waals surface area contributed by atoms with Crippen molar-refractivity contribution in [1.82, 2.24) is 5.32 Å². The van der Waals surface area contributed by atoms with Crippen molar-refractivity contribution in [1.29, 1.82) is 0 Å². The van der Waals surface area contributed by atoms with Crippen LogP contribution in [-0.4, -0.2) is 17.7 Å². The number of nitrogens with one attached hydrogen (secondary N) is 1. The van der Waals surface area contributed by atoms with E-state index < -0.39 is 5.60 Å². The van der Waals surface area contributed by atoms with Crippen molar-refractivity contribution in [2.45, 2.75) is 31.4 Å². The molecule has 2 heteroatoms. The van der Waals surface area contributed by atoms with E-state index in [0.29, 0.717) is 5.92 Å². The Hall–Kier alpha value is -1.64. The molecule has 0 spiro atoms. The van der Waals surface area contributed by atoms with Crippen LogP contribution in [0.4, 0.5) is 0 Å². The van der Waals surface area contributed by atoms with Gasteiger partial charge in [0.2, 0.25) is 0 Å². The summed E-state index contributed by atoms with van der Waals surface area (Å²) < 4.78 is 0. The third-order valence-electron chi connectivity index (χ3n) is 4.60. The fourth-order valence-electron chi connectivity index (χ4n) is 3.38. The van der Waals surface area contributed by atoms with E-state index >= 15 is 0 Å². The van der Waals surface area contributed by atoms with Gasteiger partial charge in [-0.1, -0.05) is 67.6 Å². The lowest BCUT2D eigenvalue weighted by Crippen LogP contribution is -2.52. The third-order valence-corrected chi connectivity index (χ3v) is 4.60. The SMILES string of the molecule is C[C@@H]1CCN[C@H](C(O)(c2ccccc2)c2ccccc2)C1. The Labute approximate surface area is 126 Å². The Balaban J connectivity index is 2.07. The maximum atomic E-state index is 11.6. The molecule has 2 N–H and O–H groups in total. The van der Waals surface area contributed by atoms with E-state index in [1.54, 1.807) is 0 Å². The van der Waals surface area contributed by atoms with Crippen LogP contribution in [0.5, 0.6) is 0 Å². The number of aliphatic hydroxyl groups is 1. The van der Waals surface area contributed by atoms with Gasteiger partial charge in [-0.15, -0.1) is 0 Å². The van der Waals surface area contributed by atoms with Gasteiger partial charge in [0.05, 0.1) is 0 Å². The first-order chi connectivity index (χ1) is 10.2. The molecule has 21 heavy (non-hydrogen) atoms. The minimum Gasteiger partial charge on any atom is -0.379 e. The van der Waals surface area contributed by atoms with Gasteiger partial charge in [0.25, 0.3) is 0 Å². The average molecular weight is 281 g/mol. The van der Waals surface area contributed by atoms with Crippen LogP contribution in [0.25, 0.3) is 0 Å². The summed E-state index contributed by atoms with van der Waals surface area (Å²) in [5.74, 6) is 0.634. The zero-order valence-corrected chi connectivity index (χ0v) is 12.5. The zero-order valence-electron chi connectivity index (χ0n) is 12.5. The van der Waals surface area contributed by atoms with Crippen LogP contribution >= 0.6 is 0 Å². The molecular weight excluding hydrogens is 258 g/mol. The molecule has 1 aliphatic heterocycles. The molecule has 2 aromatic carbocycles.